The smallest absolute Gasteiger partial charge is 0.325 e. The van der Waals surface area contributed by atoms with E-state index in [2.05, 4.69) is 89.9 Å². The number of nitrogens with one attached hydrogen (secondary N) is 2. The molecule has 0 saturated carbocycles. The van der Waals surface area contributed by atoms with Crippen molar-refractivity contribution in [2.75, 3.05) is 27.2 Å². The second kappa shape index (κ2) is 14.7. The molecule has 0 aromatic heterocycles. The quantitative estimate of drug-likeness (QED) is 0.235. The second-order valence-corrected chi connectivity index (χ2v) is 18.0. The topological polar surface area (TPSA) is 186 Å². The van der Waals surface area contributed by atoms with Gasteiger partial charge < -0.3 is 30.4 Å². The highest BCUT2D eigenvalue weighted by atomic mass is 16.4. The van der Waals surface area contributed by atoms with Crippen molar-refractivity contribution in [3.63, 3.8) is 0 Å². The van der Waals surface area contributed by atoms with E-state index in [0.29, 0.717) is 12.8 Å². The molecule has 4 aliphatic heterocycles. The molecule has 8 unspecified atom stereocenters. The normalized spacial score (nSPS) is 38.7. The summed E-state index contributed by atoms with van der Waals surface area (Å²) in [5, 5.41) is 30.7. The lowest BCUT2D eigenvalue weighted by atomic mass is 9.60. The Balaban J connectivity index is 1.64. The first-order valence-electron chi connectivity index (χ1n) is 20.1. The number of hydrogen-bond acceptors (Lipinski definition) is 10. The summed E-state index contributed by atoms with van der Waals surface area (Å²) in [5.74, 6) is -4.25. The molecule has 306 valence electrons. The first-order valence-corrected chi connectivity index (χ1v) is 20.1. The van der Waals surface area contributed by atoms with Crippen molar-refractivity contribution in [2.24, 2.45) is 17.3 Å². The van der Waals surface area contributed by atoms with Gasteiger partial charge in [-0.2, -0.15) is 0 Å². The molecule has 0 aromatic carbocycles. The van der Waals surface area contributed by atoms with E-state index in [4.69, 9.17) is 0 Å². The lowest BCUT2D eigenvalue weighted by Gasteiger charge is -2.62. The molecular formula is C40H66N6O8-2. The van der Waals surface area contributed by atoms with E-state index >= 15 is 0 Å². The van der Waals surface area contributed by atoms with Crippen molar-refractivity contribution < 1.29 is 39.0 Å². The van der Waals surface area contributed by atoms with Crippen LogP contribution >= 0.6 is 0 Å². The number of nitrogens with zero attached hydrogens (tertiary/aromatic N) is 4. The molecule has 2 spiro atoms. The predicted molar refractivity (Wildman–Crippen MR) is 199 cm³/mol. The summed E-state index contributed by atoms with van der Waals surface area (Å²) in [5.41, 5.74) is -5.89. The van der Waals surface area contributed by atoms with Crippen LogP contribution in [0.2, 0.25) is 0 Å². The third-order valence-electron chi connectivity index (χ3n) is 16.3. The minimum Gasteiger partial charge on any atom is -0.550 e. The number of carbonyl (C=O) groups excluding carboxylic acids is 6. The molecular weight excluding hydrogens is 692 g/mol. The van der Waals surface area contributed by atoms with Gasteiger partial charge in [0.2, 0.25) is 0 Å². The molecule has 4 fully saturated rings. The van der Waals surface area contributed by atoms with E-state index in [1.807, 2.05) is 13.8 Å². The Morgan fingerprint density at radius 2 is 1.06 bits per heavy atom. The second-order valence-electron chi connectivity index (χ2n) is 18.0. The molecule has 4 aliphatic rings. The molecule has 6 amide bonds. The summed E-state index contributed by atoms with van der Waals surface area (Å²) in [4.78, 5) is 87.9. The Labute approximate surface area is 322 Å². The number of hydrogen-bond donors (Lipinski definition) is 2. The number of amides is 6. The van der Waals surface area contributed by atoms with Crippen LogP contribution < -0.4 is 20.8 Å². The molecule has 4 rings (SSSR count). The van der Waals surface area contributed by atoms with Crippen molar-refractivity contribution in [3.05, 3.63) is 0 Å². The van der Waals surface area contributed by atoms with Crippen LogP contribution in [-0.4, -0.2) is 116 Å². The molecule has 4 saturated heterocycles. The van der Waals surface area contributed by atoms with E-state index in [-0.39, 0.29) is 50.6 Å². The maximum Gasteiger partial charge on any atom is 0.325 e. The van der Waals surface area contributed by atoms with Crippen molar-refractivity contribution >= 4 is 35.8 Å². The van der Waals surface area contributed by atoms with Gasteiger partial charge >= 0.3 is 12.1 Å². The summed E-state index contributed by atoms with van der Waals surface area (Å²) in [6.07, 6.45) is 2.49. The third kappa shape index (κ3) is 6.40. The zero-order valence-electron chi connectivity index (χ0n) is 34.9. The average molecular weight is 759 g/mol. The van der Waals surface area contributed by atoms with Gasteiger partial charge in [-0.3, -0.25) is 29.2 Å². The van der Waals surface area contributed by atoms with Crippen LogP contribution in [0.4, 0.5) is 9.59 Å². The Morgan fingerprint density at radius 1 is 0.685 bits per heavy atom. The van der Waals surface area contributed by atoms with Gasteiger partial charge in [-0.05, 0) is 112 Å². The fourth-order valence-corrected chi connectivity index (χ4v) is 10.9. The predicted octanol–water partition coefficient (Wildman–Crippen LogP) is 2.62. The van der Waals surface area contributed by atoms with Gasteiger partial charge in [-0.25, -0.2) is 9.59 Å². The lowest BCUT2D eigenvalue weighted by Crippen LogP contribution is -2.74. The van der Waals surface area contributed by atoms with E-state index in [0.717, 1.165) is 35.5 Å². The van der Waals surface area contributed by atoms with Gasteiger partial charge in [0.25, 0.3) is 11.8 Å². The van der Waals surface area contributed by atoms with Crippen molar-refractivity contribution in [2.45, 2.75) is 173 Å². The van der Waals surface area contributed by atoms with Crippen molar-refractivity contribution in [3.8, 4) is 0 Å². The van der Waals surface area contributed by atoms with Gasteiger partial charge in [0.15, 0.2) is 0 Å². The first kappa shape index (κ1) is 43.5. The maximum atomic E-state index is 14.5. The number of carboxylic acids is 2. The van der Waals surface area contributed by atoms with E-state index in [1.54, 1.807) is 0 Å². The summed E-state index contributed by atoms with van der Waals surface area (Å²) < 4.78 is 0. The minimum absolute atomic E-state index is 0.0787. The highest BCUT2D eigenvalue weighted by Gasteiger charge is 2.67. The molecule has 54 heavy (non-hydrogen) atoms. The highest BCUT2D eigenvalue weighted by molar-refractivity contribution is 6.08. The molecule has 0 aromatic rings. The van der Waals surface area contributed by atoms with E-state index < -0.39 is 80.9 Å². The molecule has 14 nitrogen and oxygen atoms in total. The number of imide groups is 2. The summed E-state index contributed by atoms with van der Waals surface area (Å²) in [6, 6.07) is -1.22. The fraction of sp³-hybridized carbons (Fsp3) is 0.850. The monoisotopic (exact) mass is 758 g/mol. The highest BCUT2D eigenvalue weighted by Crippen LogP contribution is 2.53. The lowest BCUT2D eigenvalue weighted by molar-refractivity contribution is -0.321. The van der Waals surface area contributed by atoms with Crippen LogP contribution in [0.3, 0.4) is 0 Å². The van der Waals surface area contributed by atoms with Crippen molar-refractivity contribution in [1.82, 2.24) is 30.2 Å². The number of carbonyl (C=O) groups is 6. The zero-order valence-corrected chi connectivity index (χ0v) is 34.9. The van der Waals surface area contributed by atoms with Crippen molar-refractivity contribution in [1.29, 1.82) is 0 Å². The standard InChI is InChI=1S/C40H68N6O8/c1-13-34(7)24-39(26(5)36(9,15-3)43(34)11)29(49)45(32(53)41-39)22-20-38(31(51)52,19-17-18-28(47)48)21-23-46-30(50)40(42-33(46)54)25-35(8,14-2)44(12)37(10,16-4)27(40)6/h26-27H,13-25H2,1-12H3,(H,41,53)(H,42,54)(H,47,48)(H,51,52)/p-2. The van der Waals surface area contributed by atoms with Crippen LogP contribution in [0.5, 0.6) is 0 Å². The minimum atomic E-state index is -1.77. The number of urea groups is 2. The van der Waals surface area contributed by atoms with Crippen LogP contribution in [0.25, 0.3) is 0 Å². The van der Waals surface area contributed by atoms with E-state index in [1.165, 1.54) is 0 Å². The fourth-order valence-electron chi connectivity index (χ4n) is 10.9. The number of likely N-dealkylation sites (tertiary alicyclic amines) is 2. The van der Waals surface area contributed by atoms with Gasteiger partial charge in [0.1, 0.15) is 11.1 Å². The molecule has 8 atom stereocenters. The van der Waals surface area contributed by atoms with Gasteiger partial charge in [0.05, 0.1) is 0 Å². The number of piperidine rings is 2. The molecule has 0 bridgehead atoms. The first-order chi connectivity index (χ1) is 24.9. The Bertz CT molecular complexity index is 1450. The Kier molecular flexibility index (Phi) is 11.8. The van der Waals surface area contributed by atoms with E-state index in [9.17, 15) is 39.0 Å². The van der Waals surface area contributed by atoms with Crippen LogP contribution in [0, 0.1) is 17.3 Å². The Hall–Kier alpha value is -3.26. The zero-order chi connectivity index (χ0) is 41.0. The number of rotatable bonds is 15. The summed E-state index contributed by atoms with van der Waals surface area (Å²) >= 11 is 0. The largest absolute Gasteiger partial charge is 0.550 e. The van der Waals surface area contributed by atoms with Gasteiger partial charge in [0, 0.05) is 64.4 Å². The molecule has 0 aliphatic carbocycles. The number of carboxylic acid groups (broad SMARTS) is 2. The van der Waals surface area contributed by atoms with Crippen LogP contribution in [0.1, 0.15) is 140 Å². The van der Waals surface area contributed by atoms with Gasteiger partial charge in [-0.15, -0.1) is 0 Å². The third-order valence-corrected chi connectivity index (χ3v) is 16.3. The molecule has 0 radical (unpaired) electrons. The Morgan fingerprint density at radius 3 is 1.35 bits per heavy atom. The molecule has 4 heterocycles. The van der Waals surface area contributed by atoms with Crippen LogP contribution in [0.15, 0.2) is 0 Å². The summed E-state index contributed by atoms with van der Waals surface area (Å²) in [6.45, 7) is 20.0. The molecule has 2 N–H and O–H groups in total. The average Bonchev–Trinajstić information content (AvgIpc) is 3.51. The van der Waals surface area contributed by atoms with Gasteiger partial charge in [-0.1, -0.05) is 41.5 Å². The van der Waals surface area contributed by atoms with Crippen LogP contribution in [-0.2, 0) is 19.2 Å². The summed E-state index contributed by atoms with van der Waals surface area (Å²) in [7, 11) is 4.11. The SMILES string of the molecule is CCC1(C)CC2(NC(=O)N(CCC(CCCC(=O)[O-])(CCN3C(=O)NC4(CC(C)(CC)N(C)C(C)(CC)C4C)C3=O)C(=O)[O-])C2=O)C(C)C(C)(CC)N1C. The maximum absolute atomic E-state index is 14.5. The number of aliphatic carboxylic acids is 2. The molecule has 14 heteroatoms.